The van der Waals surface area contributed by atoms with Crippen LogP contribution in [-0.4, -0.2) is 26.1 Å². The van der Waals surface area contributed by atoms with Crippen molar-refractivity contribution in [2.24, 2.45) is 5.92 Å². The average molecular weight is 366 g/mol. The third-order valence-electron chi connectivity index (χ3n) is 5.28. The molecule has 0 atom stereocenters. The lowest BCUT2D eigenvalue weighted by molar-refractivity contribution is 0.0994. The number of fused-ring (bicyclic) bond motifs is 1. The van der Waals surface area contributed by atoms with Crippen LogP contribution in [-0.2, 0) is 6.42 Å². The number of carbonyl (C=O) groups is 1. The van der Waals surface area contributed by atoms with Gasteiger partial charge in [0.2, 0.25) is 5.75 Å². The van der Waals surface area contributed by atoms with E-state index in [9.17, 15) is 4.79 Å². The first-order valence-corrected chi connectivity index (χ1v) is 9.85. The van der Waals surface area contributed by atoms with Crippen molar-refractivity contribution in [2.75, 3.05) is 20.3 Å². The van der Waals surface area contributed by atoms with Gasteiger partial charge in [0.15, 0.2) is 17.3 Å². The molecule has 0 amide bonds. The van der Waals surface area contributed by atoms with E-state index in [-0.39, 0.29) is 5.78 Å². The molecule has 1 fully saturated rings. The summed E-state index contributed by atoms with van der Waals surface area (Å²) in [5, 5.41) is 0. The maximum atomic E-state index is 12.2. The van der Waals surface area contributed by atoms with E-state index in [1.165, 1.54) is 12.8 Å². The first-order valence-electron chi connectivity index (χ1n) is 9.85. The summed E-state index contributed by atoms with van der Waals surface area (Å²) in [7, 11) is 1.65. The molecule has 2 aliphatic carbocycles. The predicted octanol–water partition coefficient (Wildman–Crippen LogP) is 5.07. The van der Waals surface area contributed by atoms with Gasteiger partial charge in [-0.15, -0.1) is 0 Å². The van der Waals surface area contributed by atoms with E-state index in [0.29, 0.717) is 37.1 Å². The second-order valence-corrected chi connectivity index (χ2v) is 7.33. The van der Waals surface area contributed by atoms with Crippen molar-refractivity contribution in [3.63, 3.8) is 0 Å². The number of benzene rings is 2. The SMILES string of the molecule is CCCOc1c(-c2cccc3c2CCC3=O)ccc(OC)c1OCC1CC1. The highest BCUT2D eigenvalue weighted by molar-refractivity contribution is 6.02. The standard InChI is InChI=1S/C23H26O4/c1-3-13-26-22-19(16-5-4-6-18-17(16)9-11-20(18)24)10-12-21(25-2)23(22)27-14-15-7-8-15/h4-6,10,12,15H,3,7-9,11,13-14H2,1-2H3. The molecule has 2 aliphatic rings. The molecule has 1 saturated carbocycles. The van der Waals surface area contributed by atoms with Gasteiger partial charge in [0.25, 0.3) is 0 Å². The van der Waals surface area contributed by atoms with Crippen LogP contribution in [0.1, 0.15) is 48.5 Å². The third-order valence-corrected chi connectivity index (χ3v) is 5.28. The lowest BCUT2D eigenvalue weighted by Crippen LogP contribution is -2.06. The summed E-state index contributed by atoms with van der Waals surface area (Å²) in [4.78, 5) is 12.2. The van der Waals surface area contributed by atoms with Crippen molar-refractivity contribution in [1.29, 1.82) is 0 Å². The Morgan fingerprint density at radius 2 is 1.78 bits per heavy atom. The minimum Gasteiger partial charge on any atom is -0.493 e. The number of Topliss-reactive ketones (excluding diaryl/α,β-unsaturated/α-hetero) is 1. The lowest BCUT2D eigenvalue weighted by atomic mass is 9.95. The molecule has 0 bridgehead atoms. The summed E-state index contributed by atoms with van der Waals surface area (Å²) >= 11 is 0. The molecule has 27 heavy (non-hydrogen) atoms. The maximum absolute atomic E-state index is 12.2. The van der Waals surface area contributed by atoms with Crippen LogP contribution in [0.3, 0.4) is 0 Å². The number of methoxy groups -OCH3 is 1. The van der Waals surface area contributed by atoms with Crippen molar-refractivity contribution in [2.45, 2.75) is 39.0 Å². The van der Waals surface area contributed by atoms with Gasteiger partial charge in [-0.25, -0.2) is 0 Å². The fourth-order valence-corrected chi connectivity index (χ4v) is 3.63. The number of hydrogen-bond donors (Lipinski definition) is 0. The maximum Gasteiger partial charge on any atom is 0.204 e. The van der Waals surface area contributed by atoms with Gasteiger partial charge in [-0.05, 0) is 54.9 Å². The van der Waals surface area contributed by atoms with Crippen LogP contribution in [0.4, 0.5) is 0 Å². The lowest BCUT2D eigenvalue weighted by Gasteiger charge is -2.20. The van der Waals surface area contributed by atoms with Crippen LogP contribution in [0, 0.1) is 5.92 Å². The zero-order chi connectivity index (χ0) is 18.8. The van der Waals surface area contributed by atoms with E-state index in [2.05, 4.69) is 13.0 Å². The Morgan fingerprint density at radius 1 is 0.963 bits per heavy atom. The number of ether oxygens (including phenoxy) is 3. The molecule has 0 unspecified atom stereocenters. The van der Waals surface area contributed by atoms with E-state index >= 15 is 0 Å². The molecule has 2 aromatic carbocycles. The van der Waals surface area contributed by atoms with Crippen LogP contribution < -0.4 is 14.2 Å². The summed E-state index contributed by atoms with van der Waals surface area (Å²) in [6, 6.07) is 9.91. The molecule has 2 aromatic rings. The highest BCUT2D eigenvalue weighted by Crippen LogP contribution is 2.47. The molecule has 0 aliphatic heterocycles. The molecule has 142 valence electrons. The topological polar surface area (TPSA) is 44.8 Å². The molecule has 0 N–H and O–H groups in total. The van der Waals surface area contributed by atoms with Gasteiger partial charge >= 0.3 is 0 Å². The summed E-state index contributed by atoms with van der Waals surface area (Å²) in [5.74, 6) is 2.95. The Bertz CT molecular complexity index is 852. The summed E-state index contributed by atoms with van der Waals surface area (Å²) in [6.07, 6.45) is 4.72. The number of rotatable bonds is 8. The molecule has 0 saturated heterocycles. The average Bonchev–Trinajstić information content (AvgIpc) is 3.45. The van der Waals surface area contributed by atoms with E-state index < -0.39 is 0 Å². The van der Waals surface area contributed by atoms with Crippen molar-refractivity contribution < 1.29 is 19.0 Å². The fraction of sp³-hybridized carbons (Fsp3) is 0.435. The zero-order valence-electron chi connectivity index (χ0n) is 16.0. The molecular weight excluding hydrogens is 340 g/mol. The Kier molecular flexibility index (Phi) is 5.06. The molecule has 0 spiro atoms. The monoisotopic (exact) mass is 366 g/mol. The second kappa shape index (κ2) is 7.63. The first kappa shape index (κ1) is 17.9. The van der Waals surface area contributed by atoms with E-state index in [1.54, 1.807) is 7.11 Å². The largest absolute Gasteiger partial charge is 0.493 e. The van der Waals surface area contributed by atoms with Gasteiger partial charge in [-0.1, -0.05) is 25.1 Å². The molecule has 4 rings (SSSR count). The van der Waals surface area contributed by atoms with Crippen LogP contribution in [0.15, 0.2) is 30.3 Å². The molecule has 0 radical (unpaired) electrons. The van der Waals surface area contributed by atoms with E-state index in [4.69, 9.17) is 14.2 Å². The van der Waals surface area contributed by atoms with Crippen molar-refractivity contribution in [3.05, 3.63) is 41.5 Å². The molecule has 4 heteroatoms. The summed E-state index contributed by atoms with van der Waals surface area (Å²) < 4.78 is 17.9. The fourth-order valence-electron chi connectivity index (χ4n) is 3.63. The molecule has 0 aromatic heterocycles. The quantitative estimate of drug-likeness (QED) is 0.654. The van der Waals surface area contributed by atoms with Crippen LogP contribution >= 0.6 is 0 Å². The minimum absolute atomic E-state index is 0.224. The Hall–Kier alpha value is -2.49. The molecular formula is C23H26O4. The summed E-state index contributed by atoms with van der Waals surface area (Å²) in [6.45, 7) is 3.38. The third kappa shape index (κ3) is 3.53. The number of carbonyl (C=O) groups excluding carboxylic acids is 1. The van der Waals surface area contributed by atoms with Gasteiger partial charge in [0.05, 0.1) is 20.3 Å². The van der Waals surface area contributed by atoms with Crippen molar-refractivity contribution in [1.82, 2.24) is 0 Å². The smallest absolute Gasteiger partial charge is 0.204 e. The number of hydrogen-bond acceptors (Lipinski definition) is 4. The van der Waals surface area contributed by atoms with Gasteiger partial charge in [-0.3, -0.25) is 4.79 Å². The van der Waals surface area contributed by atoms with Crippen LogP contribution in [0.2, 0.25) is 0 Å². The highest BCUT2D eigenvalue weighted by Gasteiger charge is 2.27. The highest BCUT2D eigenvalue weighted by atomic mass is 16.5. The van der Waals surface area contributed by atoms with Gasteiger partial charge < -0.3 is 14.2 Å². The summed E-state index contributed by atoms with van der Waals surface area (Å²) in [5.41, 5.74) is 3.98. The van der Waals surface area contributed by atoms with Gasteiger partial charge in [-0.2, -0.15) is 0 Å². The molecule has 0 heterocycles. The second-order valence-electron chi connectivity index (χ2n) is 7.33. The van der Waals surface area contributed by atoms with Crippen LogP contribution in [0.25, 0.3) is 11.1 Å². The van der Waals surface area contributed by atoms with Crippen molar-refractivity contribution >= 4 is 5.78 Å². The first-order chi connectivity index (χ1) is 13.2. The van der Waals surface area contributed by atoms with Crippen molar-refractivity contribution in [3.8, 4) is 28.4 Å². The minimum atomic E-state index is 0.224. The van der Waals surface area contributed by atoms with E-state index in [1.807, 2.05) is 24.3 Å². The normalized spacial score (nSPS) is 15.6. The van der Waals surface area contributed by atoms with Gasteiger partial charge in [0.1, 0.15) is 0 Å². The van der Waals surface area contributed by atoms with E-state index in [0.717, 1.165) is 40.8 Å². The number of ketones is 1. The Balaban J connectivity index is 1.82. The van der Waals surface area contributed by atoms with Crippen LogP contribution in [0.5, 0.6) is 17.2 Å². The predicted molar refractivity (Wildman–Crippen MR) is 105 cm³/mol. The van der Waals surface area contributed by atoms with Gasteiger partial charge in [0, 0.05) is 17.5 Å². The Labute approximate surface area is 160 Å². The molecule has 4 nitrogen and oxygen atoms in total. The Morgan fingerprint density at radius 3 is 2.52 bits per heavy atom. The zero-order valence-corrected chi connectivity index (χ0v) is 16.0.